The summed E-state index contributed by atoms with van der Waals surface area (Å²) < 4.78 is 0. The quantitative estimate of drug-likeness (QED) is 0.726. The van der Waals surface area contributed by atoms with E-state index in [4.69, 9.17) is 0 Å². The Labute approximate surface area is 134 Å². The number of pyridine rings is 2. The van der Waals surface area contributed by atoms with Gasteiger partial charge in [0, 0.05) is 30.5 Å². The van der Waals surface area contributed by atoms with Gasteiger partial charge in [-0.3, -0.25) is 14.8 Å². The number of carbonyl (C=O) groups excluding carboxylic acids is 1. The van der Waals surface area contributed by atoms with Crippen molar-refractivity contribution in [1.82, 2.24) is 14.9 Å². The zero-order valence-corrected chi connectivity index (χ0v) is 12.7. The van der Waals surface area contributed by atoms with E-state index in [1.807, 2.05) is 47.4 Å². The number of rotatable bonds is 2. The zero-order valence-electron chi connectivity index (χ0n) is 12.7. The first-order chi connectivity index (χ1) is 11.3. The maximum atomic E-state index is 13.1. The van der Waals surface area contributed by atoms with Gasteiger partial charge in [0.1, 0.15) is 5.69 Å². The van der Waals surface area contributed by atoms with Crippen molar-refractivity contribution in [3.63, 3.8) is 0 Å². The normalized spacial score (nSPS) is 17.6. The first-order valence-electron chi connectivity index (χ1n) is 7.89. The highest BCUT2D eigenvalue weighted by atomic mass is 16.2. The molecule has 1 atom stereocenters. The van der Waals surface area contributed by atoms with Crippen LogP contribution in [0.2, 0.25) is 0 Å². The first-order valence-corrected chi connectivity index (χ1v) is 7.89. The van der Waals surface area contributed by atoms with Crippen LogP contribution in [0.4, 0.5) is 0 Å². The van der Waals surface area contributed by atoms with E-state index >= 15 is 0 Å². The highest BCUT2D eigenvalue weighted by Gasteiger charge is 2.31. The van der Waals surface area contributed by atoms with E-state index in [1.165, 1.54) is 0 Å². The van der Waals surface area contributed by atoms with Gasteiger partial charge in [-0.25, -0.2) is 0 Å². The van der Waals surface area contributed by atoms with Crippen molar-refractivity contribution in [2.45, 2.75) is 18.9 Å². The number of hydrogen-bond acceptors (Lipinski definition) is 3. The van der Waals surface area contributed by atoms with Crippen LogP contribution in [0.5, 0.6) is 0 Å². The molecule has 1 aromatic carbocycles. The Bertz CT molecular complexity index is 842. The van der Waals surface area contributed by atoms with E-state index in [0.29, 0.717) is 5.69 Å². The van der Waals surface area contributed by atoms with Gasteiger partial charge < -0.3 is 4.90 Å². The number of nitrogens with zero attached hydrogens (tertiary/aromatic N) is 3. The summed E-state index contributed by atoms with van der Waals surface area (Å²) in [5.74, 6) is 0.0149. The van der Waals surface area contributed by atoms with E-state index in [1.54, 1.807) is 18.6 Å². The molecule has 0 radical (unpaired) electrons. The molecule has 4 nitrogen and oxygen atoms in total. The maximum absolute atomic E-state index is 13.1. The summed E-state index contributed by atoms with van der Waals surface area (Å²) >= 11 is 0. The lowest BCUT2D eigenvalue weighted by Gasteiger charge is -2.25. The second kappa shape index (κ2) is 5.80. The van der Waals surface area contributed by atoms with Crippen molar-refractivity contribution < 1.29 is 4.79 Å². The lowest BCUT2D eigenvalue weighted by molar-refractivity contribution is 0.0732. The minimum atomic E-state index is 0.0149. The molecule has 0 bridgehead atoms. The van der Waals surface area contributed by atoms with Crippen molar-refractivity contribution in [3.8, 4) is 0 Å². The summed E-state index contributed by atoms with van der Waals surface area (Å²) in [5.41, 5.74) is 1.69. The van der Waals surface area contributed by atoms with Crippen molar-refractivity contribution in [3.05, 3.63) is 72.3 Å². The van der Waals surface area contributed by atoms with Crippen molar-refractivity contribution in [2.75, 3.05) is 6.54 Å². The predicted molar refractivity (Wildman–Crippen MR) is 89.0 cm³/mol. The third-order valence-corrected chi connectivity index (χ3v) is 4.48. The largest absolute Gasteiger partial charge is 0.330 e. The van der Waals surface area contributed by atoms with Gasteiger partial charge in [0.05, 0.1) is 6.04 Å². The first kappa shape index (κ1) is 13.9. The minimum Gasteiger partial charge on any atom is -0.330 e. The summed E-state index contributed by atoms with van der Waals surface area (Å²) in [4.78, 5) is 23.5. The SMILES string of the molecule is O=C(c1nccc2ccccc12)N1CCC[C@H]1c1ccncc1. The number of fused-ring (bicyclic) bond motifs is 1. The van der Waals surface area contributed by atoms with Gasteiger partial charge in [0.25, 0.3) is 5.91 Å². The molecule has 1 fully saturated rings. The molecule has 4 rings (SSSR count). The number of amides is 1. The van der Waals surface area contributed by atoms with E-state index < -0.39 is 0 Å². The average Bonchev–Trinajstić information content (AvgIpc) is 3.11. The fraction of sp³-hybridized carbons (Fsp3) is 0.211. The van der Waals surface area contributed by atoms with Crippen LogP contribution in [0.3, 0.4) is 0 Å². The van der Waals surface area contributed by atoms with E-state index in [-0.39, 0.29) is 11.9 Å². The average molecular weight is 303 g/mol. The summed E-state index contributed by atoms with van der Waals surface area (Å²) in [5, 5.41) is 1.96. The highest BCUT2D eigenvalue weighted by Crippen LogP contribution is 2.33. The predicted octanol–water partition coefficient (Wildman–Crippen LogP) is 3.61. The van der Waals surface area contributed by atoms with E-state index in [9.17, 15) is 4.79 Å². The summed E-state index contributed by atoms with van der Waals surface area (Å²) in [7, 11) is 0. The topological polar surface area (TPSA) is 46.1 Å². The standard InChI is InChI=1S/C19H17N3O/c23-19(18-16-5-2-1-4-14(16)9-12-21-18)22-13-3-6-17(22)15-7-10-20-11-8-15/h1-2,4-5,7-12,17H,3,6,13H2/t17-/m0/s1. The Morgan fingerprint density at radius 3 is 2.74 bits per heavy atom. The molecule has 1 aliphatic rings. The Kier molecular flexibility index (Phi) is 3.50. The number of carbonyl (C=O) groups is 1. The third-order valence-electron chi connectivity index (χ3n) is 4.48. The van der Waals surface area contributed by atoms with Gasteiger partial charge in [-0.15, -0.1) is 0 Å². The third kappa shape index (κ3) is 2.46. The molecule has 1 aliphatic heterocycles. The molecule has 2 aromatic heterocycles. The number of benzene rings is 1. The number of likely N-dealkylation sites (tertiary alicyclic amines) is 1. The minimum absolute atomic E-state index is 0.0149. The maximum Gasteiger partial charge on any atom is 0.273 e. The summed E-state index contributed by atoms with van der Waals surface area (Å²) in [6.07, 6.45) is 7.29. The molecule has 0 N–H and O–H groups in total. The fourth-order valence-electron chi connectivity index (χ4n) is 3.37. The van der Waals surface area contributed by atoms with Crippen LogP contribution in [-0.2, 0) is 0 Å². The molecule has 3 aromatic rings. The van der Waals surface area contributed by atoms with E-state index in [0.717, 1.165) is 35.7 Å². The van der Waals surface area contributed by atoms with Crippen molar-refractivity contribution >= 4 is 16.7 Å². The number of hydrogen-bond donors (Lipinski definition) is 0. The van der Waals surface area contributed by atoms with Crippen LogP contribution in [0, 0.1) is 0 Å². The molecular weight excluding hydrogens is 286 g/mol. The molecule has 4 heteroatoms. The molecule has 1 amide bonds. The Morgan fingerprint density at radius 1 is 1.04 bits per heavy atom. The Hall–Kier alpha value is -2.75. The summed E-state index contributed by atoms with van der Waals surface area (Å²) in [6, 6.07) is 13.9. The van der Waals surface area contributed by atoms with Gasteiger partial charge in [-0.05, 0) is 42.0 Å². The molecule has 0 saturated carbocycles. The van der Waals surface area contributed by atoms with Crippen molar-refractivity contribution in [2.24, 2.45) is 0 Å². The lowest BCUT2D eigenvalue weighted by atomic mass is 10.0. The van der Waals surface area contributed by atoms with Crippen LogP contribution in [-0.4, -0.2) is 27.3 Å². The summed E-state index contributed by atoms with van der Waals surface area (Å²) in [6.45, 7) is 0.775. The molecule has 114 valence electrons. The second-order valence-electron chi connectivity index (χ2n) is 5.82. The van der Waals surface area contributed by atoms with E-state index in [2.05, 4.69) is 9.97 Å². The van der Waals surface area contributed by atoms with Crippen LogP contribution >= 0.6 is 0 Å². The lowest BCUT2D eigenvalue weighted by Crippen LogP contribution is -2.31. The Morgan fingerprint density at radius 2 is 1.87 bits per heavy atom. The molecule has 23 heavy (non-hydrogen) atoms. The van der Waals surface area contributed by atoms with Crippen LogP contribution in [0.25, 0.3) is 10.8 Å². The molecule has 0 aliphatic carbocycles. The van der Waals surface area contributed by atoms with Gasteiger partial charge in [0.2, 0.25) is 0 Å². The van der Waals surface area contributed by atoms with Gasteiger partial charge >= 0.3 is 0 Å². The van der Waals surface area contributed by atoms with Crippen LogP contribution in [0.1, 0.15) is 34.9 Å². The molecule has 0 unspecified atom stereocenters. The highest BCUT2D eigenvalue weighted by molar-refractivity contribution is 6.05. The van der Waals surface area contributed by atoms with Crippen LogP contribution < -0.4 is 0 Å². The molecule has 3 heterocycles. The van der Waals surface area contributed by atoms with Gasteiger partial charge in [0.15, 0.2) is 0 Å². The molecular formula is C19H17N3O. The zero-order chi connectivity index (χ0) is 15.6. The molecule has 0 spiro atoms. The fourth-order valence-corrected chi connectivity index (χ4v) is 3.37. The Balaban J connectivity index is 1.73. The van der Waals surface area contributed by atoms with Crippen LogP contribution in [0.15, 0.2) is 61.1 Å². The monoisotopic (exact) mass is 303 g/mol. The number of aromatic nitrogens is 2. The van der Waals surface area contributed by atoms with Crippen molar-refractivity contribution in [1.29, 1.82) is 0 Å². The smallest absolute Gasteiger partial charge is 0.273 e. The van der Waals surface area contributed by atoms with Gasteiger partial charge in [-0.1, -0.05) is 24.3 Å². The second-order valence-corrected chi connectivity index (χ2v) is 5.82. The molecule has 1 saturated heterocycles. The van der Waals surface area contributed by atoms with Gasteiger partial charge in [-0.2, -0.15) is 0 Å².